The summed E-state index contributed by atoms with van der Waals surface area (Å²) in [4.78, 5) is 17.9. The Balaban J connectivity index is 2.06. The smallest absolute Gasteiger partial charge is 0.410 e. The first kappa shape index (κ1) is 18.7. The Morgan fingerprint density at radius 3 is 2.75 bits per heavy atom. The normalized spacial score (nSPS) is 19.1. The first-order chi connectivity index (χ1) is 11.2. The van der Waals surface area contributed by atoms with Crippen LogP contribution in [0.2, 0.25) is 0 Å². The predicted octanol–water partition coefficient (Wildman–Crippen LogP) is 2.79. The van der Waals surface area contributed by atoms with Crippen molar-refractivity contribution in [2.24, 2.45) is 0 Å². The molecule has 0 radical (unpaired) electrons. The summed E-state index contributed by atoms with van der Waals surface area (Å²) in [7, 11) is -3.33. The van der Waals surface area contributed by atoms with E-state index in [1.165, 1.54) is 0 Å². The fourth-order valence-corrected chi connectivity index (χ4v) is 4.55. The lowest BCUT2D eigenvalue weighted by Crippen LogP contribution is -2.49. The van der Waals surface area contributed by atoms with Crippen molar-refractivity contribution in [3.63, 3.8) is 0 Å². The SMILES string of the molecule is CC(C)(C)OC(=O)N1CCCC[C@@H]1CS(=O)(=O)Cc1cccnc1. The van der Waals surface area contributed by atoms with E-state index < -0.39 is 21.5 Å². The van der Waals surface area contributed by atoms with E-state index in [4.69, 9.17) is 4.74 Å². The molecule has 24 heavy (non-hydrogen) atoms. The number of sulfone groups is 1. The molecule has 6 nitrogen and oxygen atoms in total. The molecule has 2 heterocycles. The number of likely N-dealkylation sites (tertiary alicyclic amines) is 1. The second-order valence-corrected chi connectivity index (χ2v) is 9.35. The number of ether oxygens (including phenoxy) is 1. The van der Waals surface area contributed by atoms with Gasteiger partial charge in [-0.1, -0.05) is 6.07 Å². The van der Waals surface area contributed by atoms with Crippen LogP contribution in [0.15, 0.2) is 24.5 Å². The molecule has 0 aliphatic carbocycles. The van der Waals surface area contributed by atoms with Gasteiger partial charge >= 0.3 is 6.09 Å². The molecule has 2 rings (SSSR count). The lowest BCUT2D eigenvalue weighted by molar-refractivity contribution is 0.0124. The molecule has 1 aliphatic rings. The molecule has 1 aromatic rings. The topological polar surface area (TPSA) is 76.6 Å². The minimum Gasteiger partial charge on any atom is -0.444 e. The lowest BCUT2D eigenvalue weighted by Gasteiger charge is -2.36. The zero-order valence-electron chi connectivity index (χ0n) is 14.6. The molecule has 0 saturated carbocycles. The van der Waals surface area contributed by atoms with E-state index in [0.717, 1.165) is 12.8 Å². The largest absolute Gasteiger partial charge is 0.444 e. The molecule has 1 aliphatic heterocycles. The molecule has 1 saturated heterocycles. The van der Waals surface area contributed by atoms with Gasteiger partial charge in [-0.25, -0.2) is 13.2 Å². The number of hydrogen-bond acceptors (Lipinski definition) is 5. The molecule has 0 unspecified atom stereocenters. The van der Waals surface area contributed by atoms with Gasteiger partial charge in [0.25, 0.3) is 0 Å². The first-order valence-corrected chi connectivity index (χ1v) is 10.1. The molecule has 1 amide bonds. The number of amides is 1. The van der Waals surface area contributed by atoms with E-state index >= 15 is 0 Å². The number of nitrogens with zero attached hydrogens (tertiary/aromatic N) is 2. The molecule has 134 valence electrons. The maximum Gasteiger partial charge on any atom is 0.410 e. The standard InChI is InChI=1S/C17H26N2O4S/c1-17(2,3)23-16(20)19-10-5-4-8-15(19)13-24(21,22)12-14-7-6-9-18-11-14/h6-7,9,11,15H,4-5,8,10,12-13H2,1-3H3/t15-/m1/s1. The summed E-state index contributed by atoms with van der Waals surface area (Å²) < 4.78 is 30.5. The maximum atomic E-state index is 12.5. The second-order valence-electron chi connectivity index (χ2n) is 7.24. The van der Waals surface area contributed by atoms with Crippen LogP contribution in [0.25, 0.3) is 0 Å². The summed E-state index contributed by atoms with van der Waals surface area (Å²) in [5.74, 6) is -0.0966. The monoisotopic (exact) mass is 354 g/mol. The number of carbonyl (C=O) groups excluding carboxylic acids is 1. The van der Waals surface area contributed by atoms with E-state index in [2.05, 4.69) is 4.98 Å². The summed E-state index contributed by atoms with van der Waals surface area (Å²) in [6.07, 6.45) is 5.23. The number of rotatable bonds is 4. The van der Waals surface area contributed by atoms with Crippen LogP contribution in [-0.4, -0.2) is 48.3 Å². The Kier molecular flexibility index (Phi) is 5.85. The highest BCUT2D eigenvalue weighted by Crippen LogP contribution is 2.22. The first-order valence-electron chi connectivity index (χ1n) is 8.25. The number of hydrogen-bond donors (Lipinski definition) is 0. The average Bonchev–Trinajstić information content (AvgIpc) is 2.46. The highest BCUT2D eigenvalue weighted by Gasteiger charge is 2.33. The lowest BCUT2D eigenvalue weighted by atomic mass is 10.0. The third kappa shape index (κ3) is 5.78. The summed E-state index contributed by atoms with van der Waals surface area (Å²) in [6.45, 7) is 5.97. The zero-order valence-corrected chi connectivity index (χ0v) is 15.4. The zero-order chi connectivity index (χ0) is 17.8. The van der Waals surface area contributed by atoms with Crippen molar-refractivity contribution in [2.45, 2.75) is 57.4 Å². The van der Waals surface area contributed by atoms with Crippen LogP contribution < -0.4 is 0 Å². The third-order valence-electron chi connectivity index (χ3n) is 3.81. The molecular weight excluding hydrogens is 328 g/mol. The Labute approximate surface area is 144 Å². The summed E-state index contributed by atoms with van der Waals surface area (Å²) >= 11 is 0. The summed E-state index contributed by atoms with van der Waals surface area (Å²) in [6, 6.07) is 3.14. The van der Waals surface area contributed by atoms with Gasteiger partial charge in [-0.2, -0.15) is 0 Å². The van der Waals surface area contributed by atoms with Gasteiger partial charge in [0, 0.05) is 25.0 Å². The van der Waals surface area contributed by atoms with Crippen molar-refractivity contribution in [1.29, 1.82) is 0 Å². The quantitative estimate of drug-likeness (QED) is 0.831. The highest BCUT2D eigenvalue weighted by atomic mass is 32.2. The molecule has 1 aromatic heterocycles. The summed E-state index contributed by atoms with van der Waals surface area (Å²) in [5, 5.41) is 0. The molecule has 0 N–H and O–H groups in total. The van der Waals surface area contributed by atoms with Crippen molar-refractivity contribution in [3.05, 3.63) is 30.1 Å². The number of carbonyl (C=O) groups is 1. The fourth-order valence-electron chi connectivity index (χ4n) is 2.82. The number of piperidine rings is 1. The van der Waals surface area contributed by atoms with Crippen LogP contribution in [0.5, 0.6) is 0 Å². The van der Waals surface area contributed by atoms with Crippen LogP contribution in [0, 0.1) is 0 Å². The molecule has 7 heteroatoms. The second kappa shape index (κ2) is 7.51. The fraction of sp³-hybridized carbons (Fsp3) is 0.647. The van der Waals surface area contributed by atoms with Gasteiger partial charge in [-0.3, -0.25) is 4.98 Å². The van der Waals surface area contributed by atoms with Gasteiger partial charge in [0.1, 0.15) is 5.60 Å². The predicted molar refractivity (Wildman–Crippen MR) is 92.3 cm³/mol. The molecule has 0 bridgehead atoms. The number of aromatic nitrogens is 1. The van der Waals surface area contributed by atoms with Crippen LogP contribution in [0.4, 0.5) is 4.79 Å². The van der Waals surface area contributed by atoms with E-state index in [1.54, 1.807) is 29.4 Å². The molecular formula is C17H26N2O4S. The molecule has 0 spiro atoms. The van der Waals surface area contributed by atoms with Gasteiger partial charge in [0.2, 0.25) is 0 Å². The Morgan fingerprint density at radius 2 is 2.12 bits per heavy atom. The van der Waals surface area contributed by atoms with E-state index in [1.807, 2.05) is 20.8 Å². The minimum atomic E-state index is -3.33. The van der Waals surface area contributed by atoms with Crippen LogP contribution >= 0.6 is 0 Å². The summed E-state index contributed by atoms with van der Waals surface area (Å²) in [5.41, 5.74) is 0.0744. The molecule has 1 atom stereocenters. The average molecular weight is 354 g/mol. The van der Waals surface area contributed by atoms with Crippen LogP contribution in [-0.2, 0) is 20.3 Å². The van der Waals surface area contributed by atoms with Crippen molar-refractivity contribution in [3.8, 4) is 0 Å². The van der Waals surface area contributed by atoms with Gasteiger partial charge in [0.15, 0.2) is 9.84 Å². The molecule has 1 fully saturated rings. The van der Waals surface area contributed by atoms with Crippen molar-refractivity contribution >= 4 is 15.9 Å². The number of pyridine rings is 1. The van der Waals surface area contributed by atoms with Gasteiger partial charge in [-0.15, -0.1) is 0 Å². The van der Waals surface area contributed by atoms with Crippen molar-refractivity contribution in [2.75, 3.05) is 12.3 Å². The van der Waals surface area contributed by atoms with Crippen LogP contribution in [0.1, 0.15) is 45.6 Å². The minimum absolute atomic E-state index is 0.0405. The maximum absolute atomic E-state index is 12.5. The van der Waals surface area contributed by atoms with Gasteiger partial charge < -0.3 is 9.64 Å². The molecule has 0 aromatic carbocycles. The Hall–Kier alpha value is -1.63. The van der Waals surface area contributed by atoms with Crippen LogP contribution in [0.3, 0.4) is 0 Å². The van der Waals surface area contributed by atoms with Gasteiger partial charge in [0.05, 0.1) is 11.5 Å². The van der Waals surface area contributed by atoms with Crippen molar-refractivity contribution < 1.29 is 17.9 Å². The van der Waals surface area contributed by atoms with E-state index in [0.29, 0.717) is 18.5 Å². The Morgan fingerprint density at radius 1 is 1.38 bits per heavy atom. The highest BCUT2D eigenvalue weighted by molar-refractivity contribution is 7.90. The third-order valence-corrected chi connectivity index (χ3v) is 5.48. The van der Waals surface area contributed by atoms with Gasteiger partial charge in [-0.05, 0) is 51.7 Å². The van der Waals surface area contributed by atoms with Crippen molar-refractivity contribution in [1.82, 2.24) is 9.88 Å². The Bertz CT molecular complexity index is 653. The van der Waals surface area contributed by atoms with E-state index in [-0.39, 0.29) is 17.5 Å². The van der Waals surface area contributed by atoms with E-state index in [9.17, 15) is 13.2 Å².